The highest BCUT2D eigenvalue weighted by Crippen LogP contribution is 2.14. The van der Waals surface area contributed by atoms with E-state index in [1.807, 2.05) is 36.4 Å². The summed E-state index contributed by atoms with van der Waals surface area (Å²) in [6.45, 7) is 0.507. The minimum Gasteiger partial charge on any atom is -0.479 e. The van der Waals surface area contributed by atoms with Gasteiger partial charge in [-0.2, -0.15) is 5.26 Å². The Labute approximate surface area is 146 Å². The van der Waals surface area contributed by atoms with Crippen molar-refractivity contribution in [3.63, 3.8) is 0 Å². The van der Waals surface area contributed by atoms with Gasteiger partial charge in [0.25, 0.3) is 0 Å². The van der Waals surface area contributed by atoms with Gasteiger partial charge in [0, 0.05) is 24.7 Å². The summed E-state index contributed by atoms with van der Waals surface area (Å²) in [5, 5.41) is 9.12. The Morgan fingerprint density at radius 3 is 2.71 bits per heavy atom. The van der Waals surface area contributed by atoms with E-state index >= 15 is 0 Å². The van der Waals surface area contributed by atoms with Crippen molar-refractivity contribution in [1.29, 1.82) is 5.26 Å². The standard InChI is InChI=1S/C19H17ClN2O2/c1-22(14-16-3-2-4-17(20)13-16)19(23)10-7-15-5-8-18(9-6-15)24-12-11-21/h2-10,13H,12,14H2,1H3/b10-7+. The molecule has 0 heterocycles. The average Bonchev–Trinajstić information content (AvgIpc) is 2.58. The predicted molar refractivity (Wildman–Crippen MR) is 94.5 cm³/mol. The van der Waals surface area contributed by atoms with Crippen LogP contribution in [0, 0.1) is 11.3 Å². The number of nitrogens with zero attached hydrogens (tertiary/aromatic N) is 2. The fraction of sp³-hybridized carbons (Fsp3) is 0.158. The van der Waals surface area contributed by atoms with Crippen molar-refractivity contribution in [2.24, 2.45) is 0 Å². The number of carbonyl (C=O) groups is 1. The van der Waals surface area contributed by atoms with Crippen LogP contribution < -0.4 is 4.74 Å². The number of amides is 1. The summed E-state index contributed by atoms with van der Waals surface area (Å²) in [6.07, 6.45) is 3.26. The normalized spacial score (nSPS) is 10.4. The Bertz CT molecular complexity index is 764. The van der Waals surface area contributed by atoms with Crippen molar-refractivity contribution in [3.05, 3.63) is 70.8 Å². The Hall–Kier alpha value is -2.77. The quantitative estimate of drug-likeness (QED) is 0.749. The zero-order valence-corrected chi connectivity index (χ0v) is 14.0. The van der Waals surface area contributed by atoms with E-state index in [4.69, 9.17) is 21.6 Å². The Kier molecular flexibility index (Phi) is 6.41. The summed E-state index contributed by atoms with van der Waals surface area (Å²) >= 11 is 5.95. The molecule has 1 amide bonds. The molecule has 0 bridgehead atoms. The highest BCUT2D eigenvalue weighted by Gasteiger charge is 2.06. The lowest BCUT2D eigenvalue weighted by atomic mass is 10.2. The van der Waals surface area contributed by atoms with Gasteiger partial charge in [0.2, 0.25) is 5.91 Å². The molecule has 0 aliphatic heterocycles. The number of rotatable bonds is 6. The third kappa shape index (κ3) is 5.45. The van der Waals surface area contributed by atoms with Crippen LogP contribution in [0.15, 0.2) is 54.6 Å². The van der Waals surface area contributed by atoms with Crippen LogP contribution in [0.3, 0.4) is 0 Å². The molecular formula is C19H17ClN2O2. The molecule has 24 heavy (non-hydrogen) atoms. The highest BCUT2D eigenvalue weighted by atomic mass is 35.5. The van der Waals surface area contributed by atoms with Crippen LogP contribution in [0.25, 0.3) is 6.08 Å². The number of halogens is 1. The van der Waals surface area contributed by atoms with E-state index in [1.54, 1.807) is 36.2 Å². The van der Waals surface area contributed by atoms with E-state index < -0.39 is 0 Å². The molecule has 0 aliphatic carbocycles. The van der Waals surface area contributed by atoms with Crippen LogP contribution in [0.2, 0.25) is 5.02 Å². The summed E-state index contributed by atoms with van der Waals surface area (Å²) < 4.78 is 5.18. The van der Waals surface area contributed by atoms with Gasteiger partial charge < -0.3 is 9.64 Å². The molecule has 0 fully saturated rings. The first-order valence-electron chi connectivity index (χ1n) is 7.36. The fourth-order valence-corrected chi connectivity index (χ4v) is 2.29. The molecule has 0 aliphatic rings. The first-order valence-corrected chi connectivity index (χ1v) is 7.74. The van der Waals surface area contributed by atoms with Crippen LogP contribution in [0.5, 0.6) is 5.75 Å². The lowest BCUT2D eigenvalue weighted by molar-refractivity contribution is -0.125. The molecule has 122 valence electrons. The third-order valence-corrected chi connectivity index (χ3v) is 3.52. The van der Waals surface area contributed by atoms with Crippen molar-refractivity contribution >= 4 is 23.6 Å². The number of hydrogen-bond acceptors (Lipinski definition) is 3. The minimum absolute atomic E-state index is 0.0158. The van der Waals surface area contributed by atoms with Crippen LogP contribution >= 0.6 is 11.6 Å². The molecular weight excluding hydrogens is 324 g/mol. The monoisotopic (exact) mass is 340 g/mol. The molecule has 0 saturated carbocycles. The van der Waals surface area contributed by atoms with Gasteiger partial charge in [-0.3, -0.25) is 4.79 Å². The van der Waals surface area contributed by atoms with Gasteiger partial charge in [-0.1, -0.05) is 35.9 Å². The van der Waals surface area contributed by atoms with Crippen molar-refractivity contribution in [3.8, 4) is 11.8 Å². The molecule has 2 rings (SSSR count). The average molecular weight is 341 g/mol. The molecule has 2 aromatic carbocycles. The Morgan fingerprint density at radius 2 is 2.04 bits per heavy atom. The summed E-state index contributed by atoms with van der Waals surface area (Å²) in [5.74, 6) is 0.526. The van der Waals surface area contributed by atoms with E-state index in [1.165, 1.54) is 6.08 Å². The van der Waals surface area contributed by atoms with Gasteiger partial charge in [-0.25, -0.2) is 0 Å². The number of nitriles is 1. The minimum atomic E-state index is -0.0974. The lowest BCUT2D eigenvalue weighted by Crippen LogP contribution is -2.24. The van der Waals surface area contributed by atoms with E-state index in [0.717, 1.165) is 11.1 Å². The van der Waals surface area contributed by atoms with Crippen LogP contribution in [-0.4, -0.2) is 24.5 Å². The second kappa shape index (κ2) is 8.76. The van der Waals surface area contributed by atoms with Gasteiger partial charge in [0.05, 0.1) is 0 Å². The zero-order chi connectivity index (χ0) is 17.4. The highest BCUT2D eigenvalue weighted by molar-refractivity contribution is 6.30. The second-order valence-corrected chi connectivity index (χ2v) is 5.61. The van der Waals surface area contributed by atoms with Crippen LogP contribution in [0.1, 0.15) is 11.1 Å². The largest absolute Gasteiger partial charge is 0.479 e. The van der Waals surface area contributed by atoms with Gasteiger partial charge in [-0.15, -0.1) is 0 Å². The smallest absolute Gasteiger partial charge is 0.246 e. The topological polar surface area (TPSA) is 53.3 Å². The molecule has 0 radical (unpaired) electrons. The number of likely N-dealkylation sites (N-methyl/N-ethyl adjacent to an activating group) is 1. The van der Waals surface area contributed by atoms with Gasteiger partial charge >= 0.3 is 0 Å². The van der Waals surface area contributed by atoms with Crippen molar-refractivity contribution in [2.45, 2.75) is 6.54 Å². The third-order valence-electron chi connectivity index (χ3n) is 3.29. The lowest BCUT2D eigenvalue weighted by Gasteiger charge is -2.15. The van der Waals surface area contributed by atoms with Crippen LogP contribution in [-0.2, 0) is 11.3 Å². The maximum absolute atomic E-state index is 12.2. The molecule has 0 spiro atoms. The van der Waals surface area contributed by atoms with E-state index in [-0.39, 0.29) is 12.5 Å². The van der Waals surface area contributed by atoms with Crippen molar-refractivity contribution in [1.82, 2.24) is 4.90 Å². The fourth-order valence-electron chi connectivity index (χ4n) is 2.07. The zero-order valence-electron chi connectivity index (χ0n) is 13.3. The summed E-state index contributed by atoms with van der Waals surface area (Å²) in [4.78, 5) is 13.8. The second-order valence-electron chi connectivity index (χ2n) is 5.17. The SMILES string of the molecule is CN(Cc1cccc(Cl)c1)C(=O)/C=C/c1ccc(OCC#N)cc1. The molecule has 0 unspecified atom stereocenters. The summed E-state index contributed by atoms with van der Waals surface area (Å²) in [6, 6.07) is 16.5. The van der Waals surface area contributed by atoms with Crippen molar-refractivity contribution in [2.75, 3.05) is 13.7 Å². The molecule has 0 atom stereocenters. The van der Waals surface area contributed by atoms with Gasteiger partial charge in [0.15, 0.2) is 6.61 Å². The Balaban J connectivity index is 1.93. The molecule has 0 N–H and O–H groups in total. The molecule has 4 nitrogen and oxygen atoms in total. The molecule has 0 saturated heterocycles. The first kappa shape index (κ1) is 17.6. The number of hydrogen-bond donors (Lipinski definition) is 0. The number of benzene rings is 2. The van der Waals surface area contributed by atoms with E-state index in [2.05, 4.69) is 0 Å². The van der Waals surface area contributed by atoms with Gasteiger partial charge in [0.1, 0.15) is 11.8 Å². The maximum Gasteiger partial charge on any atom is 0.246 e. The van der Waals surface area contributed by atoms with E-state index in [9.17, 15) is 4.79 Å². The predicted octanol–water partition coefficient (Wildman–Crippen LogP) is 3.91. The van der Waals surface area contributed by atoms with Crippen LogP contribution in [0.4, 0.5) is 0 Å². The van der Waals surface area contributed by atoms with Gasteiger partial charge in [-0.05, 0) is 41.5 Å². The number of carbonyl (C=O) groups excluding carboxylic acids is 1. The first-order chi connectivity index (χ1) is 11.6. The molecule has 0 aromatic heterocycles. The van der Waals surface area contributed by atoms with E-state index in [0.29, 0.717) is 17.3 Å². The Morgan fingerprint density at radius 1 is 1.29 bits per heavy atom. The molecule has 2 aromatic rings. The number of ether oxygens (including phenoxy) is 1. The van der Waals surface area contributed by atoms with Crippen molar-refractivity contribution < 1.29 is 9.53 Å². The molecule has 5 heteroatoms. The summed E-state index contributed by atoms with van der Waals surface area (Å²) in [5.41, 5.74) is 1.86. The maximum atomic E-state index is 12.2. The summed E-state index contributed by atoms with van der Waals surface area (Å²) in [7, 11) is 1.74.